The van der Waals surface area contributed by atoms with Crippen molar-refractivity contribution in [2.75, 3.05) is 38.3 Å². The lowest BCUT2D eigenvalue weighted by Crippen LogP contribution is -2.57. The number of methoxy groups -OCH3 is 1. The van der Waals surface area contributed by atoms with Crippen molar-refractivity contribution in [1.29, 1.82) is 0 Å². The molecule has 3 heterocycles. The van der Waals surface area contributed by atoms with Crippen LogP contribution >= 0.6 is 11.3 Å². The summed E-state index contributed by atoms with van der Waals surface area (Å²) in [6, 6.07) is 0.917. The molecule has 3 rings (SSSR count). The fourth-order valence-electron chi connectivity index (χ4n) is 3.62. The molecule has 2 aromatic heterocycles. The molecule has 1 fully saturated rings. The molecule has 1 aliphatic heterocycles. The number of piperazine rings is 1. The molecular weight excluding hydrogens is 348 g/mol. The molecule has 0 spiro atoms. The van der Waals surface area contributed by atoms with Crippen molar-refractivity contribution in [3.8, 4) is 0 Å². The lowest BCUT2D eigenvalue weighted by atomic mass is 10.1. The fraction of sp³-hybridized carbons (Fsp3) is 0.722. The topological polar surface area (TPSA) is 59.3 Å². The number of thiazole rings is 1. The first-order valence-electron chi connectivity index (χ1n) is 9.36. The Morgan fingerprint density at radius 1 is 1.23 bits per heavy atom. The number of nitrogens with zero attached hydrogens (tertiary/aromatic N) is 6. The normalized spacial score (nSPS) is 21.5. The van der Waals surface area contributed by atoms with E-state index < -0.39 is 0 Å². The van der Waals surface area contributed by atoms with Crippen molar-refractivity contribution in [2.24, 2.45) is 0 Å². The molecule has 0 radical (unpaired) electrons. The minimum absolute atomic E-state index is 0.409. The predicted molar refractivity (Wildman–Crippen MR) is 105 cm³/mol. The molecule has 7 nitrogen and oxygen atoms in total. The van der Waals surface area contributed by atoms with Gasteiger partial charge in [-0.1, -0.05) is 6.92 Å². The Labute approximate surface area is 160 Å². The maximum absolute atomic E-state index is 5.33. The number of ether oxygens (including phenoxy) is 1. The van der Waals surface area contributed by atoms with Gasteiger partial charge in [0.25, 0.3) is 0 Å². The van der Waals surface area contributed by atoms with Gasteiger partial charge in [0.1, 0.15) is 10.8 Å². The highest BCUT2D eigenvalue weighted by atomic mass is 32.1. The highest BCUT2D eigenvalue weighted by Crippen LogP contribution is 2.24. The Hall–Kier alpha value is -1.51. The summed E-state index contributed by atoms with van der Waals surface area (Å²) >= 11 is 1.68. The van der Waals surface area contributed by atoms with Crippen molar-refractivity contribution < 1.29 is 4.74 Å². The maximum Gasteiger partial charge on any atom is 0.227 e. The minimum Gasteiger partial charge on any atom is -0.383 e. The van der Waals surface area contributed by atoms with E-state index in [-0.39, 0.29) is 0 Å². The molecule has 2 unspecified atom stereocenters. The van der Waals surface area contributed by atoms with Gasteiger partial charge in [0, 0.05) is 43.4 Å². The van der Waals surface area contributed by atoms with Gasteiger partial charge >= 0.3 is 0 Å². The van der Waals surface area contributed by atoms with Crippen LogP contribution in [0.3, 0.4) is 0 Å². The first kappa shape index (κ1) is 19.3. The Morgan fingerprint density at radius 2 is 2.04 bits per heavy atom. The number of anilines is 1. The summed E-state index contributed by atoms with van der Waals surface area (Å²) in [5.74, 6) is 1.92. The third-order valence-electron chi connectivity index (χ3n) is 5.08. The van der Waals surface area contributed by atoms with Gasteiger partial charge in [0.2, 0.25) is 5.95 Å². The summed E-state index contributed by atoms with van der Waals surface area (Å²) < 4.78 is 7.55. The van der Waals surface area contributed by atoms with Crippen LogP contribution in [0.15, 0.2) is 5.38 Å². The van der Waals surface area contributed by atoms with Gasteiger partial charge in [-0.2, -0.15) is 0 Å². The Morgan fingerprint density at radius 3 is 2.69 bits per heavy atom. The second kappa shape index (κ2) is 8.45. The van der Waals surface area contributed by atoms with Crippen LogP contribution in [0.4, 0.5) is 5.95 Å². The zero-order valence-corrected chi connectivity index (χ0v) is 17.3. The van der Waals surface area contributed by atoms with Gasteiger partial charge in [-0.05, 0) is 27.3 Å². The Kier molecular flexibility index (Phi) is 6.26. The molecule has 2 atom stereocenters. The van der Waals surface area contributed by atoms with Gasteiger partial charge in [0.15, 0.2) is 0 Å². The second-order valence-electron chi connectivity index (χ2n) is 7.06. The average molecular weight is 379 g/mol. The van der Waals surface area contributed by atoms with E-state index in [1.807, 2.05) is 6.92 Å². The smallest absolute Gasteiger partial charge is 0.227 e. The summed E-state index contributed by atoms with van der Waals surface area (Å²) in [6.45, 7) is 13.3. The van der Waals surface area contributed by atoms with E-state index in [1.165, 1.54) is 0 Å². The predicted octanol–water partition coefficient (Wildman–Crippen LogP) is 2.20. The van der Waals surface area contributed by atoms with Crippen LogP contribution in [0.1, 0.15) is 37.3 Å². The largest absolute Gasteiger partial charge is 0.383 e. The van der Waals surface area contributed by atoms with E-state index in [2.05, 4.69) is 55.7 Å². The summed E-state index contributed by atoms with van der Waals surface area (Å²) in [4.78, 5) is 9.51. The molecule has 0 bridgehead atoms. The van der Waals surface area contributed by atoms with Crippen LogP contribution in [0.2, 0.25) is 0 Å². The SMILES string of the molecule is CCN1CC(C)N(c2nnc(Cc3nc(C)cs3)n2CCOC)CC1C. The van der Waals surface area contributed by atoms with Crippen LogP contribution in [0.5, 0.6) is 0 Å². The Bertz CT molecular complexity index is 714. The highest BCUT2D eigenvalue weighted by Gasteiger charge is 2.31. The molecule has 2 aromatic rings. The van der Waals surface area contributed by atoms with Gasteiger partial charge < -0.3 is 9.64 Å². The van der Waals surface area contributed by atoms with Crippen LogP contribution in [0, 0.1) is 6.92 Å². The summed E-state index contributed by atoms with van der Waals surface area (Å²) in [6.07, 6.45) is 0.716. The molecule has 144 valence electrons. The summed E-state index contributed by atoms with van der Waals surface area (Å²) in [5.41, 5.74) is 1.06. The van der Waals surface area contributed by atoms with Gasteiger partial charge in [-0.3, -0.25) is 9.47 Å². The number of hydrogen-bond acceptors (Lipinski definition) is 7. The number of aryl methyl sites for hydroxylation is 1. The number of aromatic nitrogens is 4. The quantitative estimate of drug-likeness (QED) is 0.736. The lowest BCUT2D eigenvalue weighted by Gasteiger charge is -2.44. The monoisotopic (exact) mass is 378 g/mol. The highest BCUT2D eigenvalue weighted by molar-refractivity contribution is 7.09. The van der Waals surface area contributed by atoms with Crippen molar-refractivity contribution in [3.05, 3.63) is 21.9 Å². The third-order valence-corrected chi connectivity index (χ3v) is 6.05. The lowest BCUT2D eigenvalue weighted by molar-refractivity contribution is 0.170. The average Bonchev–Trinajstić information content (AvgIpc) is 3.21. The van der Waals surface area contributed by atoms with E-state index in [0.717, 1.165) is 48.7 Å². The zero-order chi connectivity index (χ0) is 18.7. The minimum atomic E-state index is 0.409. The van der Waals surface area contributed by atoms with Crippen molar-refractivity contribution in [1.82, 2.24) is 24.6 Å². The van der Waals surface area contributed by atoms with E-state index in [4.69, 9.17) is 4.74 Å². The van der Waals surface area contributed by atoms with Crippen molar-refractivity contribution >= 4 is 17.3 Å². The van der Waals surface area contributed by atoms with E-state index in [9.17, 15) is 0 Å². The van der Waals surface area contributed by atoms with E-state index >= 15 is 0 Å². The molecule has 0 saturated carbocycles. The summed E-state index contributed by atoms with van der Waals surface area (Å²) in [7, 11) is 1.73. The molecule has 1 aliphatic rings. The molecule has 0 aliphatic carbocycles. The van der Waals surface area contributed by atoms with Crippen molar-refractivity contribution in [3.63, 3.8) is 0 Å². The third kappa shape index (κ3) is 4.07. The van der Waals surface area contributed by atoms with E-state index in [0.29, 0.717) is 25.1 Å². The van der Waals surface area contributed by atoms with E-state index in [1.54, 1.807) is 18.4 Å². The first-order chi connectivity index (χ1) is 12.5. The van der Waals surface area contributed by atoms with Crippen LogP contribution < -0.4 is 4.90 Å². The van der Waals surface area contributed by atoms with Gasteiger partial charge in [-0.25, -0.2) is 4.98 Å². The molecule has 0 amide bonds. The number of hydrogen-bond donors (Lipinski definition) is 0. The number of likely N-dealkylation sites (N-methyl/N-ethyl adjacent to an activating group) is 1. The Balaban J connectivity index is 1.86. The molecule has 1 saturated heterocycles. The van der Waals surface area contributed by atoms with Crippen LogP contribution in [-0.2, 0) is 17.7 Å². The first-order valence-corrected chi connectivity index (χ1v) is 10.2. The summed E-state index contributed by atoms with van der Waals surface area (Å²) in [5, 5.41) is 12.3. The fourth-order valence-corrected chi connectivity index (χ4v) is 4.39. The number of rotatable bonds is 7. The standard InChI is InChI=1S/C18H30N6OS/c1-6-22-10-15(4)24(11-14(22)3)18-21-20-16(23(18)7-8-25-5)9-17-19-13(2)12-26-17/h12,14-15H,6-11H2,1-5H3. The zero-order valence-electron chi connectivity index (χ0n) is 16.5. The molecule has 26 heavy (non-hydrogen) atoms. The van der Waals surface area contributed by atoms with Crippen molar-refractivity contribution in [2.45, 2.75) is 52.7 Å². The van der Waals surface area contributed by atoms with Gasteiger partial charge in [-0.15, -0.1) is 21.5 Å². The van der Waals surface area contributed by atoms with Gasteiger partial charge in [0.05, 0.1) is 19.6 Å². The molecule has 8 heteroatoms. The second-order valence-corrected chi connectivity index (χ2v) is 8.00. The van der Waals surface area contributed by atoms with Crippen LogP contribution in [-0.4, -0.2) is 70.1 Å². The molecule has 0 aromatic carbocycles. The molecule has 0 N–H and O–H groups in total. The maximum atomic E-state index is 5.33. The molecular formula is C18H30N6OS. The van der Waals surface area contributed by atoms with Crippen LogP contribution in [0.25, 0.3) is 0 Å².